The lowest BCUT2D eigenvalue weighted by molar-refractivity contribution is -0.137. The van der Waals surface area contributed by atoms with E-state index in [2.05, 4.69) is 0 Å². The number of allylic oxidation sites excluding steroid dienone is 1. The summed E-state index contributed by atoms with van der Waals surface area (Å²) < 4.78 is 9.82. The lowest BCUT2D eigenvalue weighted by Crippen LogP contribution is -2.02. The van der Waals surface area contributed by atoms with E-state index in [1.165, 1.54) is 6.92 Å². The van der Waals surface area contributed by atoms with Crippen LogP contribution in [0.4, 0.5) is 0 Å². The number of rotatable bonds is 4. The van der Waals surface area contributed by atoms with Crippen molar-refractivity contribution in [3.63, 3.8) is 0 Å². The Hall–Kier alpha value is -1.97. The SMILES string of the molecule is COc1ccc(CC(=CO)OC(C)=O)cc1. The summed E-state index contributed by atoms with van der Waals surface area (Å²) in [5, 5.41) is 8.87. The smallest absolute Gasteiger partial charge is 0.307 e. The van der Waals surface area contributed by atoms with Crippen molar-refractivity contribution >= 4 is 5.97 Å². The van der Waals surface area contributed by atoms with Crippen molar-refractivity contribution in [2.45, 2.75) is 13.3 Å². The number of carbonyl (C=O) groups is 1. The fourth-order valence-corrected chi connectivity index (χ4v) is 1.24. The molecule has 0 radical (unpaired) electrons. The molecule has 0 heterocycles. The lowest BCUT2D eigenvalue weighted by atomic mass is 10.1. The number of methoxy groups -OCH3 is 1. The predicted molar refractivity (Wildman–Crippen MR) is 59.2 cm³/mol. The Morgan fingerprint density at radius 2 is 2.00 bits per heavy atom. The van der Waals surface area contributed by atoms with Crippen LogP contribution in [0.2, 0.25) is 0 Å². The summed E-state index contributed by atoms with van der Waals surface area (Å²) in [6.45, 7) is 1.29. The van der Waals surface area contributed by atoms with Crippen LogP contribution < -0.4 is 4.74 Å². The first-order chi connectivity index (χ1) is 7.65. The molecule has 1 aromatic carbocycles. The minimum Gasteiger partial charge on any atom is -0.512 e. The zero-order valence-electron chi connectivity index (χ0n) is 9.27. The van der Waals surface area contributed by atoms with Gasteiger partial charge in [-0.25, -0.2) is 0 Å². The van der Waals surface area contributed by atoms with Crippen molar-refractivity contribution in [2.75, 3.05) is 7.11 Å². The third-order valence-electron chi connectivity index (χ3n) is 1.96. The molecule has 1 N–H and O–H groups in total. The fraction of sp³-hybridized carbons (Fsp3) is 0.250. The lowest BCUT2D eigenvalue weighted by Gasteiger charge is -2.06. The highest BCUT2D eigenvalue weighted by atomic mass is 16.5. The number of aliphatic hydroxyl groups excluding tert-OH is 1. The highest BCUT2D eigenvalue weighted by Crippen LogP contribution is 2.14. The average Bonchev–Trinajstić information content (AvgIpc) is 2.28. The third kappa shape index (κ3) is 3.65. The molecule has 86 valence electrons. The second kappa shape index (κ2) is 5.80. The zero-order valence-corrected chi connectivity index (χ0v) is 9.27. The van der Waals surface area contributed by atoms with E-state index in [-0.39, 0.29) is 5.76 Å². The first-order valence-electron chi connectivity index (χ1n) is 4.80. The Morgan fingerprint density at radius 3 is 2.44 bits per heavy atom. The number of esters is 1. The summed E-state index contributed by atoms with van der Waals surface area (Å²) in [4.78, 5) is 10.7. The molecule has 0 aliphatic carbocycles. The highest BCUT2D eigenvalue weighted by Gasteiger charge is 2.04. The molecule has 0 aliphatic rings. The molecule has 1 rings (SSSR count). The highest BCUT2D eigenvalue weighted by molar-refractivity contribution is 5.67. The van der Waals surface area contributed by atoms with Gasteiger partial charge < -0.3 is 14.6 Å². The van der Waals surface area contributed by atoms with Crippen LogP contribution in [-0.2, 0) is 16.0 Å². The largest absolute Gasteiger partial charge is 0.512 e. The standard InChI is InChI=1S/C12H14O4/c1-9(14)16-12(8-13)7-10-3-5-11(15-2)6-4-10/h3-6,8,13H,7H2,1-2H3. The van der Waals surface area contributed by atoms with Crippen LogP contribution in [0, 0.1) is 0 Å². The van der Waals surface area contributed by atoms with Crippen LogP contribution in [0.1, 0.15) is 12.5 Å². The molecule has 4 nitrogen and oxygen atoms in total. The number of ether oxygens (including phenoxy) is 2. The Labute approximate surface area is 94.1 Å². The number of benzene rings is 1. The van der Waals surface area contributed by atoms with E-state index in [1.54, 1.807) is 19.2 Å². The van der Waals surface area contributed by atoms with Crippen LogP contribution >= 0.6 is 0 Å². The zero-order chi connectivity index (χ0) is 12.0. The number of hydrogen-bond acceptors (Lipinski definition) is 4. The quantitative estimate of drug-likeness (QED) is 0.626. The van der Waals surface area contributed by atoms with E-state index in [0.29, 0.717) is 6.42 Å². The molecular weight excluding hydrogens is 208 g/mol. The maximum atomic E-state index is 10.7. The molecule has 1 aromatic rings. The summed E-state index contributed by atoms with van der Waals surface area (Å²) in [6.07, 6.45) is 1.16. The van der Waals surface area contributed by atoms with Gasteiger partial charge in [0.25, 0.3) is 0 Å². The molecular formula is C12H14O4. The second-order valence-electron chi connectivity index (χ2n) is 3.21. The number of hydrogen-bond donors (Lipinski definition) is 1. The van der Waals surface area contributed by atoms with Gasteiger partial charge in [-0.2, -0.15) is 0 Å². The van der Waals surface area contributed by atoms with Gasteiger partial charge in [0.05, 0.1) is 7.11 Å². The Kier molecular flexibility index (Phi) is 4.39. The van der Waals surface area contributed by atoms with Gasteiger partial charge in [0.1, 0.15) is 17.8 Å². The van der Waals surface area contributed by atoms with E-state index < -0.39 is 5.97 Å². The van der Waals surface area contributed by atoms with E-state index in [4.69, 9.17) is 14.6 Å². The van der Waals surface area contributed by atoms with Crippen LogP contribution in [-0.4, -0.2) is 18.2 Å². The van der Waals surface area contributed by atoms with E-state index >= 15 is 0 Å². The second-order valence-corrected chi connectivity index (χ2v) is 3.21. The minimum atomic E-state index is -0.450. The van der Waals surface area contributed by atoms with Gasteiger partial charge in [0.2, 0.25) is 0 Å². The van der Waals surface area contributed by atoms with Crippen molar-refractivity contribution in [1.82, 2.24) is 0 Å². The van der Waals surface area contributed by atoms with Gasteiger partial charge in [-0.1, -0.05) is 12.1 Å². The van der Waals surface area contributed by atoms with Gasteiger partial charge in [0, 0.05) is 13.3 Å². The molecule has 0 spiro atoms. The normalized spacial score (nSPS) is 11.0. The van der Waals surface area contributed by atoms with Crippen LogP contribution in [0.3, 0.4) is 0 Å². The monoisotopic (exact) mass is 222 g/mol. The van der Waals surface area contributed by atoms with E-state index in [0.717, 1.165) is 17.6 Å². The van der Waals surface area contributed by atoms with Crippen molar-refractivity contribution in [1.29, 1.82) is 0 Å². The van der Waals surface area contributed by atoms with Gasteiger partial charge in [0.15, 0.2) is 0 Å². The van der Waals surface area contributed by atoms with Crippen LogP contribution in [0.25, 0.3) is 0 Å². The van der Waals surface area contributed by atoms with Crippen molar-refractivity contribution < 1.29 is 19.4 Å². The number of aliphatic hydroxyl groups is 1. The Balaban J connectivity index is 2.67. The maximum Gasteiger partial charge on any atom is 0.307 e. The van der Waals surface area contributed by atoms with Crippen LogP contribution in [0.5, 0.6) is 5.75 Å². The fourth-order valence-electron chi connectivity index (χ4n) is 1.24. The topological polar surface area (TPSA) is 55.8 Å². The molecule has 4 heteroatoms. The molecule has 0 atom stereocenters. The molecule has 0 saturated carbocycles. The maximum absolute atomic E-state index is 10.7. The molecule has 0 saturated heterocycles. The predicted octanol–water partition coefficient (Wildman–Crippen LogP) is 2.20. The summed E-state index contributed by atoms with van der Waals surface area (Å²) in [5.74, 6) is 0.525. The van der Waals surface area contributed by atoms with Crippen LogP contribution in [0.15, 0.2) is 36.3 Å². The molecule has 0 unspecified atom stereocenters. The summed E-state index contributed by atoms with van der Waals surface area (Å²) >= 11 is 0. The van der Waals surface area contributed by atoms with Gasteiger partial charge in [-0.05, 0) is 17.7 Å². The first kappa shape index (κ1) is 12.1. The van der Waals surface area contributed by atoms with E-state index in [1.807, 2.05) is 12.1 Å². The van der Waals surface area contributed by atoms with Gasteiger partial charge in [-0.15, -0.1) is 0 Å². The van der Waals surface area contributed by atoms with Crippen molar-refractivity contribution in [2.24, 2.45) is 0 Å². The third-order valence-corrected chi connectivity index (χ3v) is 1.96. The molecule has 0 bridgehead atoms. The summed E-state index contributed by atoms with van der Waals surface area (Å²) in [6, 6.07) is 7.29. The van der Waals surface area contributed by atoms with Crippen molar-refractivity contribution in [3.8, 4) is 5.75 Å². The summed E-state index contributed by atoms with van der Waals surface area (Å²) in [5.41, 5.74) is 0.919. The molecule has 0 aromatic heterocycles. The number of carbonyl (C=O) groups excluding carboxylic acids is 1. The molecule has 0 fully saturated rings. The Bertz CT molecular complexity index is 379. The Morgan fingerprint density at radius 1 is 1.38 bits per heavy atom. The average molecular weight is 222 g/mol. The molecule has 0 aliphatic heterocycles. The van der Waals surface area contributed by atoms with Gasteiger partial charge >= 0.3 is 5.97 Å². The van der Waals surface area contributed by atoms with E-state index in [9.17, 15) is 4.79 Å². The minimum absolute atomic E-state index is 0.220. The molecule has 16 heavy (non-hydrogen) atoms. The molecule has 0 amide bonds. The summed E-state index contributed by atoms with van der Waals surface area (Å²) in [7, 11) is 1.59. The van der Waals surface area contributed by atoms with Gasteiger partial charge in [-0.3, -0.25) is 4.79 Å². The first-order valence-corrected chi connectivity index (χ1v) is 4.80. The van der Waals surface area contributed by atoms with Crippen molar-refractivity contribution in [3.05, 3.63) is 41.9 Å².